The number of para-hydroxylation sites is 2. The molecule has 0 aliphatic rings. The molecule has 4 nitrogen and oxygen atoms in total. The summed E-state index contributed by atoms with van der Waals surface area (Å²) in [5.41, 5.74) is 13.2. The van der Waals surface area contributed by atoms with Gasteiger partial charge in [0, 0.05) is 28.1 Å². The molecule has 4 rings (SSSR count). The normalized spacial score (nSPS) is 10.7. The number of nitrogen functional groups attached to an aromatic ring is 1. The zero-order chi connectivity index (χ0) is 23.6. The van der Waals surface area contributed by atoms with E-state index in [1.165, 1.54) is 18.1 Å². The summed E-state index contributed by atoms with van der Waals surface area (Å²) in [7, 11) is 0. The number of rotatable bonds is 5. The monoisotopic (exact) mass is 436 g/mol. The zero-order valence-corrected chi connectivity index (χ0v) is 18.8. The molecule has 0 radical (unpaired) electrons. The summed E-state index contributed by atoms with van der Waals surface area (Å²) in [6, 6.07) is 33.0. The highest BCUT2D eigenvalue weighted by molar-refractivity contribution is 5.94. The van der Waals surface area contributed by atoms with E-state index in [4.69, 9.17) is 5.73 Å². The third kappa shape index (κ3) is 6.58. The maximum absolute atomic E-state index is 11.2. The lowest BCUT2D eigenvalue weighted by Crippen LogP contribution is -2.00. The molecule has 0 unspecified atom stereocenters. The second kappa shape index (κ2) is 11.3. The molecule has 0 saturated heterocycles. The highest BCUT2D eigenvalue weighted by Crippen LogP contribution is 2.25. The molecule has 0 amide bonds. The molecule has 0 spiro atoms. The third-order valence-electron chi connectivity index (χ3n) is 5.11. The molecule has 4 aromatic carbocycles. The van der Waals surface area contributed by atoms with Gasteiger partial charge in [0.25, 0.3) is 0 Å². The van der Waals surface area contributed by atoms with Crippen molar-refractivity contribution >= 4 is 22.9 Å². The Labute approximate surface area is 195 Å². The number of Topliss-reactive ketones (excluding diaryl/α,β-unsaturated/α-hetero) is 1. The fourth-order valence-electron chi connectivity index (χ4n) is 3.23. The van der Waals surface area contributed by atoms with Crippen LogP contribution in [0.4, 0.5) is 11.4 Å². The van der Waals surface area contributed by atoms with Crippen LogP contribution >= 0.6 is 0 Å². The molecule has 4 N–H and O–H groups in total. The fourth-order valence-corrected chi connectivity index (χ4v) is 3.23. The van der Waals surface area contributed by atoms with Crippen LogP contribution in [0.15, 0.2) is 109 Å². The molecule has 0 fully saturated rings. The maximum Gasteiger partial charge on any atom is 0.159 e. The van der Waals surface area contributed by atoms with Gasteiger partial charge in [0.05, 0.1) is 5.70 Å². The van der Waals surface area contributed by atoms with E-state index in [1.54, 1.807) is 24.3 Å². The Hall–Kier alpha value is -4.31. The van der Waals surface area contributed by atoms with Crippen molar-refractivity contribution in [2.75, 3.05) is 11.1 Å². The molecule has 0 atom stereocenters. The van der Waals surface area contributed by atoms with Gasteiger partial charge in [-0.1, -0.05) is 90.5 Å². The first-order valence-corrected chi connectivity index (χ1v) is 10.7. The van der Waals surface area contributed by atoms with Crippen LogP contribution in [0.5, 0.6) is 0 Å². The number of carbonyl (C=O) groups is 1. The maximum atomic E-state index is 11.2. The van der Waals surface area contributed by atoms with Crippen LogP contribution in [0, 0.1) is 6.92 Å². The average molecular weight is 437 g/mol. The first kappa shape index (κ1) is 23.4. The van der Waals surface area contributed by atoms with E-state index in [0.717, 1.165) is 28.8 Å². The van der Waals surface area contributed by atoms with Gasteiger partial charge < -0.3 is 16.2 Å². The molecule has 166 valence electrons. The molecular formula is C29H28N2O2. The molecule has 0 heterocycles. The van der Waals surface area contributed by atoms with E-state index in [-0.39, 0.29) is 5.78 Å². The summed E-state index contributed by atoms with van der Waals surface area (Å²) in [6.45, 7) is 3.61. The van der Waals surface area contributed by atoms with Crippen LogP contribution in [0.1, 0.15) is 28.4 Å². The zero-order valence-electron chi connectivity index (χ0n) is 18.8. The fraction of sp³-hybridized carbons (Fsp3) is 0.0690. The van der Waals surface area contributed by atoms with Crippen molar-refractivity contribution in [2.45, 2.75) is 13.8 Å². The van der Waals surface area contributed by atoms with Crippen LogP contribution in [-0.2, 0) is 0 Å². The average Bonchev–Trinajstić information content (AvgIpc) is 2.85. The van der Waals surface area contributed by atoms with E-state index in [2.05, 4.69) is 36.5 Å². The molecular weight excluding hydrogens is 408 g/mol. The topological polar surface area (TPSA) is 75.3 Å². The number of ketones is 1. The van der Waals surface area contributed by atoms with Gasteiger partial charge in [0.2, 0.25) is 0 Å². The van der Waals surface area contributed by atoms with Gasteiger partial charge in [-0.3, -0.25) is 4.79 Å². The largest absolute Gasteiger partial charge is 0.513 e. The number of nitrogens with two attached hydrogens (primary N) is 1. The summed E-state index contributed by atoms with van der Waals surface area (Å²) in [6.07, 6.45) is 1.02. The molecule has 4 aromatic rings. The van der Waals surface area contributed by atoms with Crippen molar-refractivity contribution in [3.05, 3.63) is 126 Å². The van der Waals surface area contributed by atoms with E-state index < -0.39 is 0 Å². The summed E-state index contributed by atoms with van der Waals surface area (Å²) >= 11 is 0. The molecule has 0 aromatic heterocycles. The number of carbonyl (C=O) groups excluding carboxylic acids is 1. The summed E-state index contributed by atoms with van der Waals surface area (Å²) in [4.78, 5) is 11.2. The Balaban J connectivity index is 0.000000194. The summed E-state index contributed by atoms with van der Waals surface area (Å²) < 4.78 is 0. The molecule has 0 aliphatic heterocycles. The molecule has 4 heteroatoms. The highest BCUT2D eigenvalue weighted by Gasteiger charge is 2.04. The number of anilines is 2. The van der Waals surface area contributed by atoms with Crippen LogP contribution in [-0.4, -0.2) is 10.9 Å². The lowest BCUT2D eigenvalue weighted by molar-refractivity contribution is 0.101. The predicted molar refractivity (Wildman–Crippen MR) is 138 cm³/mol. The standard InChI is InChI=1S/C16H15NO2.C13H13N/c1-12(19)13-7-9-14(10-8-13)16(11-18)17-15-5-3-2-4-6-15;1-10-6-8-11(9-7-10)12-4-2-3-5-13(12)14/h2-11,17-18H,1H3;2-9H,14H2,1H3/b16-11-;. The number of hydrogen-bond acceptors (Lipinski definition) is 4. The van der Waals surface area contributed by atoms with E-state index in [9.17, 15) is 9.90 Å². The number of benzene rings is 4. The van der Waals surface area contributed by atoms with Crippen molar-refractivity contribution in [3.63, 3.8) is 0 Å². The second-order valence-corrected chi connectivity index (χ2v) is 7.62. The first-order valence-electron chi connectivity index (χ1n) is 10.7. The van der Waals surface area contributed by atoms with E-state index in [0.29, 0.717) is 11.3 Å². The molecule has 33 heavy (non-hydrogen) atoms. The van der Waals surface area contributed by atoms with Gasteiger partial charge in [-0.15, -0.1) is 0 Å². The molecule has 0 saturated carbocycles. The lowest BCUT2D eigenvalue weighted by atomic mass is 10.0. The SMILES string of the molecule is CC(=O)c1ccc(/C(=C/O)Nc2ccccc2)cc1.Cc1ccc(-c2ccccc2N)cc1. The van der Waals surface area contributed by atoms with Gasteiger partial charge in [0.1, 0.15) is 6.26 Å². The minimum absolute atomic E-state index is 0.0251. The van der Waals surface area contributed by atoms with Gasteiger partial charge in [0.15, 0.2) is 5.78 Å². The van der Waals surface area contributed by atoms with E-state index in [1.807, 2.05) is 54.6 Å². The van der Waals surface area contributed by atoms with Crippen molar-refractivity contribution in [1.29, 1.82) is 0 Å². The summed E-state index contributed by atoms with van der Waals surface area (Å²) in [5, 5.41) is 12.4. The number of hydrogen-bond donors (Lipinski definition) is 3. The van der Waals surface area contributed by atoms with Crippen LogP contribution in [0.2, 0.25) is 0 Å². The molecule has 0 aliphatic carbocycles. The Morgan fingerprint density at radius 3 is 1.94 bits per heavy atom. The van der Waals surface area contributed by atoms with Gasteiger partial charge in [-0.2, -0.15) is 0 Å². The molecule has 0 bridgehead atoms. The minimum Gasteiger partial charge on any atom is -0.513 e. The van der Waals surface area contributed by atoms with Crippen molar-refractivity contribution < 1.29 is 9.90 Å². The number of aliphatic hydroxyl groups is 1. The van der Waals surface area contributed by atoms with E-state index >= 15 is 0 Å². The highest BCUT2D eigenvalue weighted by atomic mass is 16.2. The van der Waals surface area contributed by atoms with Crippen molar-refractivity contribution in [1.82, 2.24) is 0 Å². The third-order valence-corrected chi connectivity index (χ3v) is 5.11. The van der Waals surface area contributed by atoms with Crippen LogP contribution < -0.4 is 11.1 Å². The van der Waals surface area contributed by atoms with Crippen molar-refractivity contribution in [2.24, 2.45) is 0 Å². The van der Waals surface area contributed by atoms with Crippen LogP contribution in [0.3, 0.4) is 0 Å². The predicted octanol–water partition coefficient (Wildman–Crippen LogP) is 7.10. The first-order chi connectivity index (χ1) is 16.0. The Kier molecular flexibility index (Phi) is 8.03. The Morgan fingerprint density at radius 1 is 0.788 bits per heavy atom. The minimum atomic E-state index is 0.0251. The van der Waals surface area contributed by atoms with Gasteiger partial charge in [-0.05, 0) is 37.6 Å². The summed E-state index contributed by atoms with van der Waals surface area (Å²) in [5.74, 6) is 0.0251. The van der Waals surface area contributed by atoms with Crippen molar-refractivity contribution in [3.8, 4) is 11.1 Å². The van der Waals surface area contributed by atoms with Crippen LogP contribution in [0.25, 0.3) is 16.8 Å². The number of aryl methyl sites for hydroxylation is 1. The second-order valence-electron chi connectivity index (χ2n) is 7.62. The quantitative estimate of drug-likeness (QED) is 0.177. The Morgan fingerprint density at radius 2 is 1.36 bits per heavy atom. The van der Waals surface area contributed by atoms with Gasteiger partial charge >= 0.3 is 0 Å². The number of aliphatic hydroxyl groups excluding tert-OH is 1. The smallest absolute Gasteiger partial charge is 0.159 e. The lowest BCUT2D eigenvalue weighted by Gasteiger charge is -2.10. The van der Waals surface area contributed by atoms with Gasteiger partial charge in [-0.25, -0.2) is 0 Å². The Bertz CT molecular complexity index is 1210. The number of nitrogens with one attached hydrogen (secondary N) is 1.